The van der Waals surface area contributed by atoms with Gasteiger partial charge in [-0.25, -0.2) is 0 Å². The molecule has 1 aliphatic heterocycles. The summed E-state index contributed by atoms with van der Waals surface area (Å²) in [6.45, 7) is 8.60. The van der Waals surface area contributed by atoms with Gasteiger partial charge in [0.15, 0.2) is 11.5 Å². The number of aliphatic imine (C=N–C) groups is 1. The Balaban J connectivity index is 1.91. The number of rotatable bonds is 7. The number of nitriles is 1. The van der Waals surface area contributed by atoms with E-state index >= 15 is 0 Å². The molecule has 6 nitrogen and oxygen atoms in total. The summed E-state index contributed by atoms with van der Waals surface area (Å²) in [5.41, 5.74) is 0.930. The summed E-state index contributed by atoms with van der Waals surface area (Å²) < 4.78 is 16.4. The molecule has 0 saturated carbocycles. The summed E-state index contributed by atoms with van der Waals surface area (Å²) >= 11 is 0. The second-order valence-corrected chi connectivity index (χ2v) is 4.95. The van der Waals surface area contributed by atoms with Crippen LogP contribution in [0.1, 0.15) is 12.0 Å². The van der Waals surface area contributed by atoms with Crippen molar-refractivity contribution in [3.05, 3.63) is 17.7 Å². The summed E-state index contributed by atoms with van der Waals surface area (Å²) in [6, 6.07) is 5.39. The van der Waals surface area contributed by atoms with Crippen LogP contribution in [0.4, 0.5) is 5.69 Å². The Morgan fingerprint density at radius 2 is 2.14 bits per heavy atom. The molecule has 1 aromatic rings. The largest absolute Gasteiger partial charge is 0.493 e. The molecule has 22 heavy (non-hydrogen) atoms. The monoisotopic (exact) mass is 303 g/mol. The van der Waals surface area contributed by atoms with Gasteiger partial charge in [0, 0.05) is 31.8 Å². The average molecular weight is 303 g/mol. The van der Waals surface area contributed by atoms with E-state index < -0.39 is 0 Å². The molecular formula is C16H21N3O3. The smallest absolute Gasteiger partial charge is 0.163 e. The number of nitrogens with zero attached hydrogens (tertiary/aromatic N) is 3. The van der Waals surface area contributed by atoms with Gasteiger partial charge in [0.25, 0.3) is 0 Å². The molecular weight excluding hydrogens is 282 g/mol. The fourth-order valence-corrected chi connectivity index (χ4v) is 2.34. The first kappa shape index (κ1) is 16.3. The molecule has 1 aromatic carbocycles. The van der Waals surface area contributed by atoms with Crippen molar-refractivity contribution in [2.45, 2.75) is 6.42 Å². The molecule has 0 aromatic heterocycles. The molecule has 1 aliphatic rings. The molecule has 0 N–H and O–H groups in total. The van der Waals surface area contributed by atoms with Gasteiger partial charge in [0.05, 0.1) is 38.2 Å². The van der Waals surface area contributed by atoms with Gasteiger partial charge in [-0.1, -0.05) is 0 Å². The number of methoxy groups -OCH3 is 1. The van der Waals surface area contributed by atoms with E-state index in [-0.39, 0.29) is 0 Å². The highest BCUT2D eigenvalue weighted by Crippen LogP contribution is 2.34. The van der Waals surface area contributed by atoms with Crippen LogP contribution >= 0.6 is 0 Å². The van der Waals surface area contributed by atoms with Crippen LogP contribution in [-0.4, -0.2) is 58.2 Å². The lowest BCUT2D eigenvalue weighted by Gasteiger charge is -2.26. The van der Waals surface area contributed by atoms with E-state index in [0.29, 0.717) is 29.4 Å². The Hall–Kier alpha value is -2.10. The Morgan fingerprint density at radius 1 is 1.36 bits per heavy atom. The van der Waals surface area contributed by atoms with E-state index in [2.05, 4.69) is 22.7 Å². The van der Waals surface area contributed by atoms with Gasteiger partial charge in [-0.2, -0.15) is 5.26 Å². The molecule has 6 heteroatoms. The number of hydrogen-bond acceptors (Lipinski definition) is 6. The highest BCUT2D eigenvalue weighted by molar-refractivity contribution is 5.64. The van der Waals surface area contributed by atoms with Crippen molar-refractivity contribution in [3.63, 3.8) is 0 Å². The first-order chi connectivity index (χ1) is 10.8. The van der Waals surface area contributed by atoms with Crippen LogP contribution in [0.5, 0.6) is 11.5 Å². The van der Waals surface area contributed by atoms with E-state index in [1.54, 1.807) is 19.2 Å². The summed E-state index contributed by atoms with van der Waals surface area (Å²) in [5, 5.41) is 9.07. The zero-order valence-electron chi connectivity index (χ0n) is 12.9. The normalized spacial score (nSPS) is 15.1. The maximum Gasteiger partial charge on any atom is 0.163 e. The van der Waals surface area contributed by atoms with Crippen molar-refractivity contribution in [2.24, 2.45) is 4.99 Å². The van der Waals surface area contributed by atoms with Gasteiger partial charge in [-0.15, -0.1) is 0 Å². The molecule has 0 radical (unpaired) electrons. The molecule has 0 amide bonds. The molecule has 1 fully saturated rings. The Morgan fingerprint density at radius 3 is 2.77 bits per heavy atom. The highest BCUT2D eigenvalue weighted by atomic mass is 16.5. The number of hydrogen-bond donors (Lipinski definition) is 0. The lowest BCUT2D eigenvalue weighted by molar-refractivity contribution is 0.0357. The van der Waals surface area contributed by atoms with Crippen molar-refractivity contribution >= 4 is 12.4 Å². The SMILES string of the molecule is C=Nc1cc(OCCCN2CCOCC2)c(OC)cc1C#N. The Bertz CT molecular complexity index is 548. The summed E-state index contributed by atoms with van der Waals surface area (Å²) in [7, 11) is 1.55. The number of ether oxygens (including phenoxy) is 3. The van der Waals surface area contributed by atoms with Crippen molar-refractivity contribution < 1.29 is 14.2 Å². The van der Waals surface area contributed by atoms with Crippen LogP contribution < -0.4 is 9.47 Å². The maximum absolute atomic E-state index is 9.07. The lowest BCUT2D eigenvalue weighted by Crippen LogP contribution is -2.37. The van der Waals surface area contributed by atoms with E-state index in [1.165, 1.54) is 0 Å². The predicted molar refractivity (Wildman–Crippen MR) is 84.3 cm³/mol. The van der Waals surface area contributed by atoms with Gasteiger partial charge < -0.3 is 14.2 Å². The van der Waals surface area contributed by atoms with E-state index in [9.17, 15) is 0 Å². The third kappa shape index (κ3) is 4.20. The highest BCUT2D eigenvalue weighted by Gasteiger charge is 2.12. The fourth-order valence-electron chi connectivity index (χ4n) is 2.34. The Labute approximate surface area is 130 Å². The second kappa shape index (κ2) is 8.37. The number of benzene rings is 1. The first-order valence-electron chi connectivity index (χ1n) is 7.30. The topological polar surface area (TPSA) is 67.1 Å². The molecule has 2 rings (SSSR count). The minimum absolute atomic E-state index is 0.424. The standard InChI is InChI=1S/C16H21N3O3/c1-18-14-11-16(15(20-2)10-13(14)12-17)22-7-3-4-19-5-8-21-9-6-19/h10-11H,1,3-9H2,2H3. The summed E-state index contributed by atoms with van der Waals surface area (Å²) in [6.07, 6.45) is 0.917. The second-order valence-electron chi connectivity index (χ2n) is 4.95. The third-order valence-corrected chi connectivity index (χ3v) is 3.55. The molecule has 0 spiro atoms. The van der Waals surface area contributed by atoms with Crippen LogP contribution in [0.15, 0.2) is 17.1 Å². The van der Waals surface area contributed by atoms with Crippen LogP contribution in [-0.2, 0) is 4.74 Å². The minimum atomic E-state index is 0.424. The van der Waals surface area contributed by atoms with Gasteiger partial charge in [0.1, 0.15) is 6.07 Å². The molecule has 0 unspecified atom stereocenters. The van der Waals surface area contributed by atoms with Gasteiger partial charge in [0.2, 0.25) is 0 Å². The first-order valence-corrected chi connectivity index (χ1v) is 7.30. The third-order valence-electron chi connectivity index (χ3n) is 3.55. The predicted octanol–water partition coefficient (Wildman–Crippen LogP) is 2.00. The van der Waals surface area contributed by atoms with Crippen molar-refractivity contribution in [3.8, 4) is 17.6 Å². The fraction of sp³-hybridized carbons (Fsp3) is 0.500. The molecule has 1 saturated heterocycles. The van der Waals surface area contributed by atoms with Crippen molar-refractivity contribution in [2.75, 3.05) is 46.6 Å². The van der Waals surface area contributed by atoms with Crippen LogP contribution in [0, 0.1) is 11.3 Å². The van der Waals surface area contributed by atoms with Gasteiger partial charge in [-0.05, 0) is 13.1 Å². The zero-order valence-corrected chi connectivity index (χ0v) is 12.9. The molecule has 0 atom stereocenters. The van der Waals surface area contributed by atoms with Crippen molar-refractivity contribution in [1.29, 1.82) is 5.26 Å². The average Bonchev–Trinajstić information content (AvgIpc) is 2.58. The lowest BCUT2D eigenvalue weighted by atomic mass is 10.1. The van der Waals surface area contributed by atoms with Crippen LogP contribution in [0.25, 0.3) is 0 Å². The summed E-state index contributed by atoms with van der Waals surface area (Å²) in [5.74, 6) is 1.13. The van der Waals surface area contributed by atoms with Crippen LogP contribution in [0.2, 0.25) is 0 Å². The minimum Gasteiger partial charge on any atom is -0.493 e. The van der Waals surface area contributed by atoms with Gasteiger partial charge >= 0.3 is 0 Å². The summed E-state index contributed by atoms with van der Waals surface area (Å²) in [4.78, 5) is 6.21. The zero-order chi connectivity index (χ0) is 15.8. The Kier molecular flexibility index (Phi) is 6.19. The van der Waals surface area contributed by atoms with E-state index in [0.717, 1.165) is 39.3 Å². The molecule has 0 bridgehead atoms. The molecule has 0 aliphatic carbocycles. The van der Waals surface area contributed by atoms with Crippen LogP contribution in [0.3, 0.4) is 0 Å². The maximum atomic E-state index is 9.07. The number of morpholine rings is 1. The quantitative estimate of drug-likeness (QED) is 0.569. The van der Waals surface area contributed by atoms with E-state index in [4.69, 9.17) is 19.5 Å². The van der Waals surface area contributed by atoms with Crippen molar-refractivity contribution in [1.82, 2.24) is 4.90 Å². The van der Waals surface area contributed by atoms with Gasteiger partial charge in [-0.3, -0.25) is 9.89 Å². The van der Waals surface area contributed by atoms with E-state index in [1.807, 2.05) is 0 Å². The molecule has 1 heterocycles. The molecule has 118 valence electrons.